The van der Waals surface area contributed by atoms with Crippen LogP contribution in [0.5, 0.6) is 5.75 Å². The summed E-state index contributed by atoms with van der Waals surface area (Å²) in [4.78, 5) is 8.71. The van der Waals surface area contributed by atoms with Crippen LogP contribution in [0.2, 0.25) is 0 Å². The van der Waals surface area contributed by atoms with Crippen LogP contribution in [0, 0.1) is 5.82 Å². The number of benzene rings is 2. The molecule has 0 radical (unpaired) electrons. The molecule has 130 valence electrons. The van der Waals surface area contributed by atoms with Gasteiger partial charge in [-0.1, -0.05) is 12.1 Å². The van der Waals surface area contributed by atoms with Crippen molar-refractivity contribution < 1.29 is 9.50 Å². The molecule has 3 N–H and O–H groups in total. The smallest absolute Gasteiger partial charge is 0.165 e. The second-order valence-electron chi connectivity index (χ2n) is 6.00. The molecule has 6 heteroatoms. The third-order valence-corrected chi connectivity index (χ3v) is 4.42. The zero-order chi connectivity index (χ0) is 18.3. The Morgan fingerprint density at radius 3 is 2.81 bits per heavy atom. The molecule has 4 aromatic rings. The van der Waals surface area contributed by atoms with Crippen LogP contribution < -0.4 is 5.73 Å². The van der Waals surface area contributed by atoms with E-state index in [1.807, 2.05) is 30.5 Å². The van der Waals surface area contributed by atoms with Crippen LogP contribution >= 0.6 is 0 Å². The minimum absolute atomic E-state index is 0.200. The number of fused-ring (bicyclic) bond motifs is 1. The number of phenolic OH excluding ortho intramolecular Hbond substituents is 1. The van der Waals surface area contributed by atoms with Crippen LogP contribution in [0.1, 0.15) is 6.92 Å². The summed E-state index contributed by atoms with van der Waals surface area (Å²) < 4.78 is 16.0. The van der Waals surface area contributed by atoms with Crippen LogP contribution in [-0.4, -0.2) is 19.6 Å². The number of aromatic hydroxyl groups is 1. The second kappa shape index (κ2) is 6.15. The number of hydrogen-bond acceptors (Lipinski definition) is 4. The fraction of sp³-hybridized carbons (Fsp3) is 0.100. The van der Waals surface area contributed by atoms with Crippen molar-refractivity contribution in [3.8, 4) is 28.3 Å². The summed E-state index contributed by atoms with van der Waals surface area (Å²) in [6.07, 6.45) is 3.49. The molecule has 0 aliphatic carbocycles. The number of anilines is 1. The summed E-state index contributed by atoms with van der Waals surface area (Å²) in [6, 6.07) is 12.3. The van der Waals surface area contributed by atoms with Crippen molar-refractivity contribution in [2.75, 3.05) is 5.73 Å². The molecule has 0 aliphatic rings. The van der Waals surface area contributed by atoms with Gasteiger partial charge in [0.15, 0.2) is 11.6 Å². The molecule has 26 heavy (non-hydrogen) atoms. The fourth-order valence-corrected chi connectivity index (χ4v) is 3.13. The number of para-hydroxylation sites is 1. The first kappa shape index (κ1) is 16.1. The standard InChI is InChI=1S/C20H17FN4O/c1-2-25-9-8-12-10-13(6-7-16(12)25)18-19(24-17(22)11-23-18)14-4-3-5-15(21)20(14)26/h3-11,26H,2H2,1H3,(H2,22,24). The van der Waals surface area contributed by atoms with Gasteiger partial charge in [0.25, 0.3) is 0 Å². The van der Waals surface area contributed by atoms with Gasteiger partial charge in [-0.05, 0) is 37.3 Å². The zero-order valence-electron chi connectivity index (χ0n) is 14.1. The van der Waals surface area contributed by atoms with Crippen molar-refractivity contribution in [1.29, 1.82) is 0 Å². The van der Waals surface area contributed by atoms with Crippen molar-refractivity contribution in [1.82, 2.24) is 14.5 Å². The molecular formula is C20H17FN4O. The number of aromatic nitrogens is 3. The monoisotopic (exact) mass is 348 g/mol. The Kier molecular flexibility index (Phi) is 3.80. The normalized spacial score (nSPS) is 11.2. The highest BCUT2D eigenvalue weighted by molar-refractivity contribution is 5.89. The molecule has 4 rings (SSSR count). The van der Waals surface area contributed by atoms with Gasteiger partial charge in [0.05, 0.1) is 11.9 Å². The summed E-state index contributed by atoms with van der Waals surface area (Å²) in [6.45, 7) is 2.97. The van der Waals surface area contributed by atoms with Gasteiger partial charge in [-0.25, -0.2) is 9.37 Å². The molecule has 0 unspecified atom stereocenters. The van der Waals surface area contributed by atoms with Crippen LogP contribution in [0.4, 0.5) is 10.2 Å². The Labute approximate surface area is 149 Å². The first-order valence-corrected chi connectivity index (χ1v) is 8.28. The van der Waals surface area contributed by atoms with Gasteiger partial charge in [-0.3, -0.25) is 4.98 Å². The van der Waals surface area contributed by atoms with Crippen molar-refractivity contribution in [2.45, 2.75) is 13.5 Å². The number of hydrogen-bond donors (Lipinski definition) is 2. The highest BCUT2D eigenvalue weighted by atomic mass is 19.1. The number of rotatable bonds is 3. The van der Waals surface area contributed by atoms with E-state index >= 15 is 0 Å². The second-order valence-corrected chi connectivity index (χ2v) is 6.00. The van der Waals surface area contributed by atoms with E-state index in [1.165, 1.54) is 18.3 Å². The minimum Gasteiger partial charge on any atom is -0.504 e. The molecule has 0 bridgehead atoms. The summed E-state index contributed by atoms with van der Waals surface area (Å²) in [5.74, 6) is -0.981. The lowest BCUT2D eigenvalue weighted by atomic mass is 10.0. The predicted molar refractivity (Wildman–Crippen MR) is 100 cm³/mol. The summed E-state index contributed by atoms with van der Waals surface area (Å²) >= 11 is 0. The molecule has 0 fully saturated rings. The number of aryl methyl sites for hydroxylation is 1. The van der Waals surface area contributed by atoms with Crippen molar-refractivity contribution in [2.24, 2.45) is 0 Å². The van der Waals surface area contributed by atoms with E-state index in [9.17, 15) is 9.50 Å². The maximum atomic E-state index is 13.8. The Hall–Kier alpha value is -3.41. The molecule has 2 aromatic heterocycles. The van der Waals surface area contributed by atoms with E-state index in [1.54, 1.807) is 6.07 Å². The van der Waals surface area contributed by atoms with Gasteiger partial charge in [0.1, 0.15) is 11.5 Å². The Morgan fingerprint density at radius 1 is 1.15 bits per heavy atom. The van der Waals surface area contributed by atoms with Gasteiger partial charge in [-0.15, -0.1) is 0 Å². The van der Waals surface area contributed by atoms with E-state index in [0.717, 1.165) is 23.0 Å². The minimum atomic E-state index is -0.715. The lowest BCUT2D eigenvalue weighted by molar-refractivity contribution is 0.434. The van der Waals surface area contributed by atoms with E-state index in [2.05, 4.69) is 21.5 Å². The molecular weight excluding hydrogens is 331 g/mol. The third kappa shape index (κ3) is 2.56. The molecule has 5 nitrogen and oxygen atoms in total. The molecule has 0 spiro atoms. The van der Waals surface area contributed by atoms with Crippen molar-refractivity contribution >= 4 is 16.7 Å². The number of nitrogens with zero attached hydrogens (tertiary/aromatic N) is 3. The first-order chi connectivity index (χ1) is 12.6. The topological polar surface area (TPSA) is 77.0 Å². The maximum absolute atomic E-state index is 13.8. The van der Waals surface area contributed by atoms with Gasteiger partial charge in [-0.2, -0.15) is 0 Å². The molecule has 0 atom stereocenters. The fourth-order valence-electron chi connectivity index (χ4n) is 3.13. The van der Waals surface area contributed by atoms with Gasteiger partial charge >= 0.3 is 0 Å². The third-order valence-electron chi connectivity index (χ3n) is 4.42. The molecule has 0 saturated carbocycles. The van der Waals surface area contributed by atoms with Gasteiger partial charge in [0, 0.05) is 34.8 Å². The van der Waals surface area contributed by atoms with E-state index in [4.69, 9.17) is 5.73 Å². The van der Waals surface area contributed by atoms with Crippen LogP contribution in [0.15, 0.2) is 54.9 Å². The van der Waals surface area contributed by atoms with Crippen LogP contribution in [-0.2, 0) is 6.54 Å². The Morgan fingerprint density at radius 2 is 2.00 bits per heavy atom. The SMILES string of the molecule is CCn1ccc2cc(-c3ncc(N)nc3-c3cccc(F)c3O)ccc21. The Balaban J connectivity index is 1.94. The number of nitrogen functional groups attached to an aromatic ring is 1. The van der Waals surface area contributed by atoms with E-state index in [-0.39, 0.29) is 11.4 Å². The van der Waals surface area contributed by atoms with E-state index < -0.39 is 11.6 Å². The van der Waals surface area contributed by atoms with Gasteiger partial charge in [0.2, 0.25) is 0 Å². The maximum Gasteiger partial charge on any atom is 0.165 e. The summed E-state index contributed by atoms with van der Waals surface area (Å²) in [5.41, 5.74) is 8.86. The lowest BCUT2D eigenvalue weighted by Gasteiger charge is -2.11. The quantitative estimate of drug-likeness (QED) is 0.581. The predicted octanol–water partition coefficient (Wildman–Crippen LogP) is 4.21. The van der Waals surface area contributed by atoms with E-state index in [0.29, 0.717) is 11.4 Å². The highest BCUT2D eigenvalue weighted by Gasteiger charge is 2.17. The molecule has 0 amide bonds. The molecule has 0 saturated heterocycles. The number of nitrogens with two attached hydrogens (primary N) is 1. The highest BCUT2D eigenvalue weighted by Crippen LogP contribution is 2.36. The largest absolute Gasteiger partial charge is 0.504 e. The molecule has 2 heterocycles. The summed E-state index contributed by atoms with van der Waals surface area (Å²) in [5, 5.41) is 11.2. The Bertz CT molecular complexity index is 1120. The molecule has 2 aromatic carbocycles. The summed E-state index contributed by atoms with van der Waals surface area (Å²) in [7, 11) is 0. The van der Waals surface area contributed by atoms with Crippen molar-refractivity contribution in [3.05, 3.63) is 60.7 Å². The molecule has 0 aliphatic heterocycles. The van der Waals surface area contributed by atoms with Gasteiger partial charge < -0.3 is 15.4 Å². The number of halogens is 1. The first-order valence-electron chi connectivity index (χ1n) is 8.28. The number of phenols is 1. The van der Waals surface area contributed by atoms with Crippen molar-refractivity contribution in [3.63, 3.8) is 0 Å². The average Bonchev–Trinajstić information content (AvgIpc) is 3.06. The zero-order valence-corrected chi connectivity index (χ0v) is 14.1. The average molecular weight is 348 g/mol. The van der Waals surface area contributed by atoms with Crippen LogP contribution in [0.3, 0.4) is 0 Å². The van der Waals surface area contributed by atoms with Crippen LogP contribution in [0.25, 0.3) is 33.4 Å². The lowest BCUT2D eigenvalue weighted by Crippen LogP contribution is -1.99.